The molecule has 0 aliphatic carbocycles. The van der Waals surface area contributed by atoms with Gasteiger partial charge in [0.05, 0.1) is 0 Å². The lowest BCUT2D eigenvalue weighted by Gasteiger charge is -2.01. The average Bonchev–Trinajstić information content (AvgIpc) is 1.88. The zero-order valence-corrected chi connectivity index (χ0v) is 6.34. The SMILES string of the molecule is CC(O)C(=O)OC/C=C/Cl. The zero-order chi connectivity index (χ0) is 7.98. The topological polar surface area (TPSA) is 46.5 Å². The van der Waals surface area contributed by atoms with Crippen molar-refractivity contribution in [3.8, 4) is 0 Å². The summed E-state index contributed by atoms with van der Waals surface area (Å²) < 4.78 is 4.48. The Balaban J connectivity index is 3.40. The quantitative estimate of drug-likeness (QED) is 0.624. The summed E-state index contributed by atoms with van der Waals surface area (Å²) in [7, 11) is 0. The minimum atomic E-state index is -1.07. The van der Waals surface area contributed by atoms with E-state index in [1.165, 1.54) is 18.5 Å². The van der Waals surface area contributed by atoms with Gasteiger partial charge in [-0.25, -0.2) is 4.79 Å². The Labute approximate surface area is 64.2 Å². The zero-order valence-electron chi connectivity index (χ0n) is 5.58. The van der Waals surface area contributed by atoms with Crippen molar-refractivity contribution >= 4 is 17.6 Å². The standard InChI is InChI=1S/C6H9ClO3/c1-5(8)6(9)10-4-2-3-7/h2-3,5,8H,4H2,1H3/b3-2+. The molecular formula is C6H9ClO3. The van der Waals surface area contributed by atoms with E-state index in [0.29, 0.717) is 0 Å². The predicted octanol–water partition coefficient (Wildman–Crippen LogP) is 0.663. The number of halogens is 1. The number of ether oxygens (including phenoxy) is 1. The summed E-state index contributed by atoms with van der Waals surface area (Å²) in [4.78, 5) is 10.5. The van der Waals surface area contributed by atoms with Gasteiger partial charge in [-0.1, -0.05) is 11.6 Å². The molecule has 0 aromatic rings. The Morgan fingerprint density at radius 1 is 1.90 bits per heavy atom. The van der Waals surface area contributed by atoms with E-state index in [-0.39, 0.29) is 6.61 Å². The molecule has 0 bridgehead atoms. The average molecular weight is 165 g/mol. The molecular weight excluding hydrogens is 156 g/mol. The van der Waals surface area contributed by atoms with Crippen molar-refractivity contribution in [3.63, 3.8) is 0 Å². The molecule has 0 fully saturated rings. The first-order chi connectivity index (χ1) is 4.68. The van der Waals surface area contributed by atoms with Crippen LogP contribution in [0, 0.1) is 0 Å². The van der Waals surface area contributed by atoms with Gasteiger partial charge in [-0.3, -0.25) is 0 Å². The van der Waals surface area contributed by atoms with Crippen LogP contribution in [0.4, 0.5) is 0 Å². The van der Waals surface area contributed by atoms with Crippen molar-refractivity contribution in [3.05, 3.63) is 11.6 Å². The molecule has 0 radical (unpaired) electrons. The summed E-state index contributed by atoms with van der Waals surface area (Å²) in [6.07, 6.45) is 0.394. The van der Waals surface area contributed by atoms with E-state index in [1.54, 1.807) is 0 Å². The molecule has 0 aliphatic rings. The van der Waals surface area contributed by atoms with E-state index < -0.39 is 12.1 Å². The fraction of sp³-hybridized carbons (Fsp3) is 0.500. The summed E-state index contributed by atoms with van der Waals surface area (Å²) in [6, 6.07) is 0. The lowest BCUT2D eigenvalue weighted by molar-refractivity contribution is -0.151. The fourth-order valence-electron chi connectivity index (χ4n) is 0.287. The van der Waals surface area contributed by atoms with Crippen LogP contribution in [0.1, 0.15) is 6.92 Å². The van der Waals surface area contributed by atoms with Gasteiger partial charge in [0.1, 0.15) is 12.7 Å². The van der Waals surface area contributed by atoms with Gasteiger partial charge in [0, 0.05) is 5.54 Å². The van der Waals surface area contributed by atoms with Crippen LogP contribution >= 0.6 is 11.6 Å². The molecule has 0 saturated carbocycles. The van der Waals surface area contributed by atoms with E-state index >= 15 is 0 Å². The second-order valence-electron chi connectivity index (χ2n) is 1.67. The van der Waals surface area contributed by atoms with Crippen LogP contribution in [0.2, 0.25) is 0 Å². The van der Waals surface area contributed by atoms with Crippen LogP contribution in [0.25, 0.3) is 0 Å². The number of rotatable bonds is 3. The Morgan fingerprint density at radius 2 is 2.50 bits per heavy atom. The summed E-state index contributed by atoms with van der Waals surface area (Å²) in [6.45, 7) is 1.44. The largest absolute Gasteiger partial charge is 0.460 e. The van der Waals surface area contributed by atoms with E-state index in [1.807, 2.05) is 0 Å². The van der Waals surface area contributed by atoms with Crippen LogP contribution < -0.4 is 0 Å². The third kappa shape index (κ3) is 4.35. The molecule has 1 N–H and O–H groups in total. The van der Waals surface area contributed by atoms with Crippen molar-refractivity contribution in [1.82, 2.24) is 0 Å². The van der Waals surface area contributed by atoms with Crippen molar-refractivity contribution in [2.75, 3.05) is 6.61 Å². The van der Waals surface area contributed by atoms with Crippen molar-refractivity contribution in [2.45, 2.75) is 13.0 Å². The number of carbonyl (C=O) groups excluding carboxylic acids is 1. The first-order valence-electron chi connectivity index (χ1n) is 2.78. The minimum absolute atomic E-state index is 0.104. The van der Waals surface area contributed by atoms with Crippen LogP contribution in [-0.4, -0.2) is 23.8 Å². The monoisotopic (exact) mass is 164 g/mol. The molecule has 1 unspecified atom stereocenters. The predicted molar refractivity (Wildman–Crippen MR) is 37.6 cm³/mol. The van der Waals surface area contributed by atoms with E-state index in [4.69, 9.17) is 16.7 Å². The van der Waals surface area contributed by atoms with Gasteiger partial charge in [0.15, 0.2) is 0 Å². The molecule has 0 rings (SSSR count). The Hall–Kier alpha value is -0.540. The smallest absolute Gasteiger partial charge is 0.334 e. The molecule has 0 aromatic heterocycles. The summed E-state index contributed by atoms with van der Waals surface area (Å²) >= 11 is 5.13. The molecule has 0 amide bonds. The molecule has 3 nitrogen and oxygen atoms in total. The van der Waals surface area contributed by atoms with Gasteiger partial charge in [0.2, 0.25) is 0 Å². The summed E-state index contributed by atoms with van der Waals surface area (Å²) in [5, 5.41) is 8.59. The number of aliphatic hydroxyl groups excluding tert-OH is 1. The van der Waals surface area contributed by atoms with Crippen LogP contribution in [0.5, 0.6) is 0 Å². The third-order valence-corrected chi connectivity index (χ3v) is 0.930. The number of esters is 1. The summed E-state index contributed by atoms with van der Waals surface area (Å²) in [5.41, 5.74) is 1.25. The van der Waals surface area contributed by atoms with Gasteiger partial charge in [0.25, 0.3) is 0 Å². The highest BCUT2D eigenvalue weighted by Gasteiger charge is 2.07. The van der Waals surface area contributed by atoms with Gasteiger partial charge in [-0.05, 0) is 13.0 Å². The first-order valence-corrected chi connectivity index (χ1v) is 3.22. The van der Waals surface area contributed by atoms with Crippen LogP contribution in [-0.2, 0) is 9.53 Å². The number of hydrogen-bond donors (Lipinski definition) is 1. The second-order valence-corrected chi connectivity index (χ2v) is 1.92. The lowest BCUT2D eigenvalue weighted by Crippen LogP contribution is -2.19. The van der Waals surface area contributed by atoms with Gasteiger partial charge in [-0.2, -0.15) is 0 Å². The molecule has 1 atom stereocenters. The minimum Gasteiger partial charge on any atom is -0.460 e. The number of aliphatic hydroxyl groups is 1. The van der Waals surface area contributed by atoms with E-state index in [0.717, 1.165) is 0 Å². The van der Waals surface area contributed by atoms with Gasteiger partial charge in [-0.15, -0.1) is 0 Å². The number of hydrogen-bond acceptors (Lipinski definition) is 3. The Morgan fingerprint density at radius 3 is 2.90 bits per heavy atom. The molecule has 0 heterocycles. The van der Waals surface area contributed by atoms with Crippen molar-refractivity contribution in [2.24, 2.45) is 0 Å². The Kier molecular flexibility index (Phi) is 4.98. The maximum atomic E-state index is 10.5. The highest BCUT2D eigenvalue weighted by atomic mass is 35.5. The maximum absolute atomic E-state index is 10.5. The molecule has 0 spiro atoms. The van der Waals surface area contributed by atoms with Crippen molar-refractivity contribution < 1.29 is 14.6 Å². The molecule has 0 aromatic carbocycles. The normalized spacial score (nSPS) is 13.5. The maximum Gasteiger partial charge on any atom is 0.334 e. The lowest BCUT2D eigenvalue weighted by atomic mass is 10.4. The van der Waals surface area contributed by atoms with E-state index in [2.05, 4.69) is 4.74 Å². The summed E-state index contributed by atoms with van der Waals surface area (Å²) in [5.74, 6) is -0.644. The fourth-order valence-corrected chi connectivity index (χ4v) is 0.360. The van der Waals surface area contributed by atoms with Gasteiger partial charge >= 0.3 is 5.97 Å². The third-order valence-electron chi connectivity index (χ3n) is 0.752. The molecule has 58 valence electrons. The van der Waals surface area contributed by atoms with Crippen LogP contribution in [0.15, 0.2) is 11.6 Å². The number of carbonyl (C=O) groups is 1. The highest BCUT2D eigenvalue weighted by molar-refractivity contribution is 6.25. The van der Waals surface area contributed by atoms with Crippen LogP contribution in [0.3, 0.4) is 0 Å². The molecule has 10 heavy (non-hydrogen) atoms. The van der Waals surface area contributed by atoms with Gasteiger partial charge < -0.3 is 9.84 Å². The Bertz CT molecular complexity index is 131. The first kappa shape index (κ1) is 9.46. The van der Waals surface area contributed by atoms with Crippen molar-refractivity contribution in [1.29, 1.82) is 0 Å². The van der Waals surface area contributed by atoms with E-state index in [9.17, 15) is 4.79 Å². The molecule has 0 aliphatic heterocycles. The molecule has 4 heteroatoms. The highest BCUT2D eigenvalue weighted by Crippen LogP contribution is 1.87. The second kappa shape index (κ2) is 5.26. The molecule has 0 saturated heterocycles.